The average Bonchev–Trinajstić information content (AvgIpc) is 2.26. The van der Waals surface area contributed by atoms with Crippen molar-refractivity contribution in [1.29, 1.82) is 0 Å². The predicted molar refractivity (Wildman–Crippen MR) is 68.1 cm³/mol. The number of benzene rings is 1. The molecule has 18 heavy (non-hydrogen) atoms. The van der Waals surface area contributed by atoms with E-state index >= 15 is 0 Å². The number of anilines is 2. The molecule has 100 valence electrons. The zero-order chi connectivity index (χ0) is 13.3. The third-order valence-electron chi connectivity index (χ3n) is 3.04. The van der Waals surface area contributed by atoms with Crippen molar-refractivity contribution in [2.75, 3.05) is 30.4 Å². The summed E-state index contributed by atoms with van der Waals surface area (Å²) in [5.41, 5.74) is 0.471. The average molecular weight is 256 g/mol. The second-order valence-corrected chi connectivity index (χ2v) is 4.70. The highest BCUT2D eigenvalue weighted by atomic mass is 19.1. The summed E-state index contributed by atoms with van der Waals surface area (Å²) in [5.74, 6) is -1.08. The maximum atomic E-state index is 14.0. The Hall–Kier alpha value is -1.36. The van der Waals surface area contributed by atoms with Crippen LogP contribution in [0.15, 0.2) is 12.1 Å². The van der Waals surface area contributed by atoms with Crippen molar-refractivity contribution in [2.24, 2.45) is 0 Å². The Morgan fingerprint density at radius 3 is 2.11 bits per heavy atom. The molecule has 0 radical (unpaired) electrons. The standard InChI is InChI=1S/C13H18F2N2O/c1-8-6-17(7-9(2)18-8)13-11(14)4-10(16-3)5-12(13)15/h4-5,8-9,16H,6-7H2,1-3H3/t8-,9+. The van der Waals surface area contributed by atoms with Crippen molar-refractivity contribution in [3.63, 3.8) is 0 Å². The van der Waals surface area contributed by atoms with Crippen LogP contribution in [-0.4, -0.2) is 32.3 Å². The fourth-order valence-corrected chi connectivity index (χ4v) is 2.37. The second kappa shape index (κ2) is 5.10. The maximum Gasteiger partial charge on any atom is 0.151 e. The first kappa shape index (κ1) is 13.1. The molecule has 0 unspecified atom stereocenters. The summed E-state index contributed by atoms with van der Waals surface area (Å²) in [5, 5.41) is 2.73. The van der Waals surface area contributed by atoms with E-state index in [9.17, 15) is 8.78 Å². The van der Waals surface area contributed by atoms with Crippen LogP contribution in [0.1, 0.15) is 13.8 Å². The predicted octanol–water partition coefficient (Wildman–Crippen LogP) is 2.62. The third kappa shape index (κ3) is 2.56. The van der Waals surface area contributed by atoms with Gasteiger partial charge in [0.2, 0.25) is 0 Å². The van der Waals surface area contributed by atoms with E-state index in [1.807, 2.05) is 13.8 Å². The Balaban J connectivity index is 2.32. The SMILES string of the molecule is CNc1cc(F)c(N2C[C@@H](C)O[C@@H](C)C2)c(F)c1. The quantitative estimate of drug-likeness (QED) is 0.880. The molecular weight excluding hydrogens is 238 g/mol. The topological polar surface area (TPSA) is 24.5 Å². The molecule has 1 aromatic carbocycles. The van der Waals surface area contributed by atoms with E-state index in [0.717, 1.165) is 0 Å². The molecule has 5 heteroatoms. The lowest BCUT2D eigenvalue weighted by molar-refractivity contribution is -0.00557. The number of nitrogens with one attached hydrogen (secondary N) is 1. The summed E-state index contributed by atoms with van der Waals surface area (Å²) in [6.45, 7) is 4.80. The van der Waals surface area contributed by atoms with Crippen LogP contribution in [0.25, 0.3) is 0 Å². The molecular formula is C13H18F2N2O. The van der Waals surface area contributed by atoms with Gasteiger partial charge in [0.25, 0.3) is 0 Å². The van der Waals surface area contributed by atoms with Crippen LogP contribution in [0.2, 0.25) is 0 Å². The van der Waals surface area contributed by atoms with Crippen molar-refractivity contribution < 1.29 is 13.5 Å². The maximum absolute atomic E-state index is 14.0. The van der Waals surface area contributed by atoms with Crippen LogP contribution in [0, 0.1) is 11.6 Å². The van der Waals surface area contributed by atoms with Gasteiger partial charge in [0.05, 0.1) is 12.2 Å². The molecule has 2 atom stereocenters. The molecule has 0 aliphatic carbocycles. The molecule has 0 bridgehead atoms. The van der Waals surface area contributed by atoms with Gasteiger partial charge in [0.1, 0.15) is 5.69 Å². The fraction of sp³-hybridized carbons (Fsp3) is 0.538. The second-order valence-electron chi connectivity index (χ2n) is 4.70. The highest BCUT2D eigenvalue weighted by Crippen LogP contribution is 2.29. The third-order valence-corrected chi connectivity index (χ3v) is 3.04. The van der Waals surface area contributed by atoms with E-state index in [1.54, 1.807) is 11.9 Å². The Labute approximate surface area is 106 Å². The molecule has 1 aromatic rings. The fourth-order valence-electron chi connectivity index (χ4n) is 2.37. The number of morpholine rings is 1. The lowest BCUT2D eigenvalue weighted by atomic mass is 10.1. The van der Waals surface area contributed by atoms with Gasteiger partial charge < -0.3 is 15.0 Å². The van der Waals surface area contributed by atoms with Crippen LogP contribution in [0.4, 0.5) is 20.2 Å². The molecule has 1 aliphatic heterocycles. The van der Waals surface area contributed by atoms with Gasteiger partial charge in [0.15, 0.2) is 11.6 Å². The van der Waals surface area contributed by atoms with Gasteiger partial charge in [-0.2, -0.15) is 0 Å². The number of nitrogens with zero attached hydrogens (tertiary/aromatic N) is 1. The number of rotatable bonds is 2. The minimum absolute atomic E-state index is 0.0310. The van der Waals surface area contributed by atoms with Gasteiger partial charge in [-0.1, -0.05) is 0 Å². The smallest absolute Gasteiger partial charge is 0.151 e. The highest BCUT2D eigenvalue weighted by Gasteiger charge is 2.26. The van der Waals surface area contributed by atoms with Gasteiger partial charge in [-0.3, -0.25) is 0 Å². The molecule has 1 saturated heterocycles. The molecule has 0 spiro atoms. The Kier molecular flexibility index (Phi) is 3.71. The molecule has 1 heterocycles. The molecule has 1 aliphatic rings. The van der Waals surface area contributed by atoms with Crippen molar-refractivity contribution in [2.45, 2.75) is 26.1 Å². The number of hydrogen-bond donors (Lipinski definition) is 1. The summed E-state index contributed by atoms with van der Waals surface area (Å²) in [6, 6.07) is 2.62. The van der Waals surface area contributed by atoms with E-state index in [1.165, 1.54) is 12.1 Å². The summed E-state index contributed by atoms with van der Waals surface area (Å²) >= 11 is 0. The van der Waals surface area contributed by atoms with Gasteiger partial charge in [-0.25, -0.2) is 8.78 Å². The van der Waals surface area contributed by atoms with E-state index < -0.39 is 11.6 Å². The van der Waals surface area contributed by atoms with E-state index in [-0.39, 0.29) is 17.9 Å². The number of halogens is 2. The minimum atomic E-state index is -0.541. The van der Waals surface area contributed by atoms with Crippen LogP contribution >= 0.6 is 0 Å². The molecule has 2 rings (SSSR count). The van der Waals surface area contributed by atoms with E-state index in [0.29, 0.717) is 18.8 Å². The highest BCUT2D eigenvalue weighted by molar-refractivity contribution is 5.57. The summed E-state index contributed by atoms with van der Waals surface area (Å²) in [7, 11) is 1.63. The molecule has 0 saturated carbocycles. The molecule has 3 nitrogen and oxygen atoms in total. The van der Waals surface area contributed by atoms with E-state index in [2.05, 4.69) is 5.32 Å². The van der Waals surface area contributed by atoms with Crippen LogP contribution in [0.5, 0.6) is 0 Å². The molecule has 0 amide bonds. The number of ether oxygens (including phenoxy) is 1. The summed E-state index contributed by atoms with van der Waals surface area (Å²) in [6.07, 6.45) is -0.0620. The lowest BCUT2D eigenvalue weighted by Gasteiger charge is -2.37. The van der Waals surface area contributed by atoms with Crippen LogP contribution < -0.4 is 10.2 Å². The number of hydrogen-bond acceptors (Lipinski definition) is 3. The molecule has 1 N–H and O–H groups in total. The first-order chi connectivity index (χ1) is 8.51. The van der Waals surface area contributed by atoms with Gasteiger partial charge >= 0.3 is 0 Å². The monoisotopic (exact) mass is 256 g/mol. The summed E-state index contributed by atoms with van der Waals surface area (Å²) in [4.78, 5) is 1.71. The minimum Gasteiger partial charge on any atom is -0.388 e. The molecule has 0 aromatic heterocycles. The van der Waals surface area contributed by atoms with Gasteiger partial charge in [0, 0.05) is 25.8 Å². The van der Waals surface area contributed by atoms with Crippen molar-refractivity contribution in [3.05, 3.63) is 23.8 Å². The first-order valence-corrected chi connectivity index (χ1v) is 6.08. The van der Waals surface area contributed by atoms with Crippen molar-refractivity contribution in [3.8, 4) is 0 Å². The van der Waals surface area contributed by atoms with E-state index in [4.69, 9.17) is 4.74 Å². The Morgan fingerprint density at radius 2 is 1.67 bits per heavy atom. The zero-order valence-corrected chi connectivity index (χ0v) is 10.8. The Bertz CT molecular complexity index is 406. The zero-order valence-electron chi connectivity index (χ0n) is 10.8. The van der Waals surface area contributed by atoms with Gasteiger partial charge in [-0.05, 0) is 26.0 Å². The van der Waals surface area contributed by atoms with Crippen LogP contribution in [0.3, 0.4) is 0 Å². The molecule has 1 fully saturated rings. The normalized spacial score (nSPS) is 24.2. The summed E-state index contributed by atoms with van der Waals surface area (Å²) < 4.78 is 33.5. The first-order valence-electron chi connectivity index (χ1n) is 6.08. The lowest BCUT2D eigenvalue weighted by Crippen LogP contribution is -2.46. The largest absolute Gasteiger partial charge is 0.388 e. The van der Waals surface area contributed by atoms with Crippen molar-refractivity contribution in [1.82, 2.24) is 0 Å². The Morgan fingerprint density at radius 1 is 1.17 bits per heavy atom. The van der Waals surface area contributed by atoms with Crippen molar-refractivity contribution >= 4 is 11.4 Å². The van der Waals surface area contributed by atoms with Gasteiger partial charge in [-0.15, -0.1) is 0 Å². The van der Waals surface area contributed by atoms with Crippen LogP contribution in [-0.2, 0) is 4.74 Å².